The Labute approximate surface area is 107 Å². The average Bonchev–Trinajstić information content (AvgIpc) is 2.28. The van der Waals surface area contributed by atoms with Gasteiger partial charge in [-0.15, -0.1) is 0 Å². The van der Waals surface area contributed by atoms with Crippen LogP contribution >= 0.6 is 0 Å². The molecule has 0 aliphatic rings. The first-order valence-electron chi connectivity index (χ1n) is 5.95. The topological polar surface area (TPSA) is 73.3 Å². The van der Waals surface area contributed by atoms with Gasteiger partial charge in [0.15, 0.2) is 0 Å². The third-order valence-corrected chi connectivity index (χ3v) is 1.97. The van der Waals surface area contributed by atoms with E-state index in [0.29, 0.717) is 18.4 Å². The highest BCUT2D eigenvalue weighted by Crippen LogP contribution is 2.11. The van der Waals surface area contributed by atoms with E-state index in [-0.39, 0.29) is 12.1 Å². The van der Waals surface area contributed by atoms with Crippen molar-refractivity contribution >= 4 is 11.9 Å². The van der Waals surface area contributed by atoms with Gasteiger partial charge in [-0.25, -0.2) is 9.78 Å². The molecule has 0 spiro atoms. The maximum atomic E-state index is 11.4. The Morgan fingerprint density at radius 3 is 2.78 bits per heavy atom. The van der Waals surface area contributed by atoms with Crippen molar-refractivity contribution in [2.45, 2.75) is 39.8 Å². The normalized spacial score (nSPS) is 12.1. The van der Waals surface area contributed by atoms with E-state index >= 15 is 0 Å². The molecule has 0 saturated carbocycles. The van der Waals surface area contributed by atoms with Crippen molar-refractivity contribution in [3.8, 4) is 5.88 Å². The fourth-order valence-corrected chi connectivity index (χ4v) is 1.24. The first-order chi connectivity index (χ1) is 8.52. The Morgan fingerprint density at radius 2 is 2.17 bits per heavy atom. The van der Waals surface area contributed by atoms with Crippen LogP contribution in [0.4, 0.5) is 5.95 Å². The van der Waals surface area contributed by atoms with Crippen LogP contribution in [0.5, 0.6) is 5.88 Å². The predicted molar refractivity (Wildman–Crippen MR) is 67.5 cm³/mol. The van der Waals surface area contributed by atoms with Gasteiger partial charge in [0.05, 0.1) is 12.7 Å². The molecule has 1 heterocycles. The zero-order valence-corrected chi connectivity index (χ0v) is 11.1. The van der Waals surface area contributed by atoms with Gasteiger partial charge in [0, 0.05) is 12.3 Å². The fraction of sp³-hybridized carbons (Fsp3) is 0.583. The second kappa shape index (κ2) is 6.78. The average molecular weight is 253 g/mol. The summed E-state index contributed by atoms with van der Waals surface area (Å²) in [5.74, 6) is 0.476. The van der Waals surface area contributed by atoms with E-state index in [1.54, 1.807) is 26.1 Å². The number of esters is 1. The highest BCUT2D eigenvalue weighted by atomic mass is 16.5. The van der Waals surface area contributed by atoms with E-state index in [1.165, 1.54) is 0 Å². The van der Waals surface area contributed by atoms with Crippen molar-refractivity contribution < 1.29 is 14.3 Å². The number of hydrogen-bond donors (Lipinski definition) is 1. The summed E-state index contributed by atoms with van der Waals surface area (Å²) in [5.41, 5.74) is 0. The lowest BCUT2D eigenvalue weighted by atomic mass is 10.3. The van der Waals surface area contributed by atoms with Gasteiger partial charge in [-0.2, -0.15) is 4.98 Å². The van der Waals surface area contributed by atoms with Crippen molar-refractivity contribution in [1.82, 2.24) is 9.97 Å². The highest BCUT2D eigenvalue weighted by molar-refractivity contribution is 5.78. The smallest absolute Gasteiger partial charge is 0.328 e. The van der Waals surface area contributed by atoms with Crippen LogP contribution in [0, 0.1) is 0 Å². The highest BCUT2D eigenvalue weighted by Gasteiger charge is 2.15. The lowest BCUT2D eigenvalue weighted by Gasteiger charge is -2.13. The van der Waals surface area contributed by atoms with Gasteiger partial charge in [-0.1, -0.05) is 0 Å². The Hall–Kier alpha value is -1.85. The van der Waals surface area contributed by atoms with Crippen molar-refractivity contribution in [3.05, 3.63) is 12.3 Å². The molecule has 1 aromatic rings. The molecule has 100 valence electrons. The van der Waals surface area contributed by atoms with Crippen molar-refractivity contribution in [3.63, 3.8) is 0 Å². The summed E-state index contributed by atoms with van der Waals surface area (Å²) in [6.45, 7) is 7.63. The van der Waals surface area contributed by atoms with Gasteiger partial charge in [-0.05, 0) is 27.7 Å². The molecule has 1 N–H and O–H groups in total. The molecule has 0 aliphatic carbocycles. The number of nitrogens with zero attached hydrogens (tertiary/aromatic N) is 2. The van der Waals surface area contributed by atoms with Gasteiger partial charge < -0.3 is 14.8 Å². The minimum Gasteiger partial charge on any atom is -0.475 e. The molecule has 0 bridgehead atoms. The van der Waals surface area contributed by atoms with Crippen molar-refractivity contribution in [1.29, 1.82) is 0 Å². The second-order valence-corrected chi connectivity index (χ2v) is 4.00. The van der Waals surface area contributed by atoms with Gasteiger partial charge in [0.1, 0.15) is 6.04 Å². The zero-order chi connectivity index (χ0) is 13.5. The van der Waals surface area contributed by atoms with E-state index in [0.717, 1.165) is 0 Å². The van der Waals surface area contributed by atoms with Gasteiger partial charge in [0.25, 0.3) is 0 Å². The number of nitrogens with one attached hydrogen (secondary N) is 1. The summed E-state index contributed by atoms with van der Waals surface area (Å²) >= 11 is 0. The van der Waals surface area contributed by atoms with E-state index in [9.17, 15) is 4.79 Å². The molecule has 0 amide bonds. The maximum Gasteiger partial charge on any atom is 0.328 e. The molecule has 0 aliphatic heterocycles. The molecule has 6 heteroatoms. The first kappa shape index (κ1) is 14.2. The van der Waals surface area contributed by atoms with Crippen LogP contribution in [-0.4, -0.2) is 34.7 Å². The standard InChI is InChI=1S/C12H19N3O3/c1-5-17-11(16)9(4)14-12-13-7-6-10(15-12)18-8(2)3/h6-9H,5H2,1-4H3,(H,13,14,15). The van der Waals surface area contributed by atoms with E-state index in [4.69, 9.17) is 9.47 Å². The lowest BCUT2D eigenvalue weighted by molar-refractivity contribution is -0.143. The Morgan fingerprint density at radius 1 is 1.44 bits per heavy atom. The largest absolute Gasteiger partial charge is 0.475 e. The molecule has 0 fully saturated rings. The molecule has 1 unspecified atom stereocenters. The fourth-order valence-electron chi connectivity index (χ4n) is 1.24. The second-order valence-electron chi connectivity index (χ2n) is 4.00. The quantitative estimate of drug-likeness (QED) is 0.777. The van der Waals surface area contributed by atoms with Crippen LogP contribution in [0.25, 0.3) is 0 Å². The van der Waals surface area contributed by atoms with Crippen LogP contribution < -0.4 is 10.1 Å². The molecule has 18 heavy (non-hydrogen) atoms. The number of ether oxygens (including phenoxy) is 2. The minimum atomic E-state index is -0.501. The molecular weight excluding hydrogens is 234 g/mol. The zero-order valence-electron chi connectivity index (χ0n) is 11.1. The summed E-state index contributed by atoms with van der Waals surface area (Å²) in [7, 11) is 0. The Bertz CT molecular complexity index is 396. The monoisotopic (exact) mass is 253 g/mol. The molecule has 0 saturated heterocycles. The summed E-state index contributed by atoms with van der Waals surface area (Å²) in [6.07, 6.45) is 1.61. The summed E-state index contributed by atoms with van der Waals surface area (Å²) in [4.78, 5) is 19.6. The molecule has 1 atom stereocenters. The number of rotatable bonds is 6. The van der Waals surface area contributed by atoms with Gasteiger partial charge in [-0.3, -0.25) is 0 Å². The van der Waals surface area contributed by atoms with Crippen LogP contribution in [-0.2, 0) is 9.53 Å². The van der Waals surface area contributed by atoms with E-state index in [2.05, 4.69) is 15.3 Å². The summed E-state index contributed by atoms with van der Waals surface area (Å²) < 4.78 is 10.3. The minimum absolute atomic E-state index is 0.0373. The Kier molecular flexibility index (Phi) is 5.35. The van der Waals surface area contributed by atoms with Crippen LogP contribution in [0.15, 0.2) is 12.3 Å². The molecule has 0 radical (unpaired) electrons. The van der Waals surface area contributed by atoms with Crippen molar-refractivity contribution in [2.75, 3.05) is 11.9 Å². The predicted octanol–water partition coefficient (Wildman–Crippen LogP) is 1.63. The molecule has 0 aromatic carbocycles. The number of carbonyl (C=O) groups is 1. The number of anilines is 1. The molecular formula is C12H19N3O3. The van der Waals surface area contributed by atoms with Crippen LogP contribution in [0.2, 0.25) is 0 Å². The van der Waals surface area contributed by atoms with E-state index < -0.39 is 6.04 Å². The van der Waals surface area contributed by atoms with E-state index in [1.807, 2.05) is 13.8 Å². The molecule has 1 rings (SSSR count). The number of carbonyl (C=O) groups excluding carboxylic acids is 1. The Balaban J connectivity index is 2.64. The molecule has 1 aromatic heterocycles. The van der Waals surface area contributed by atoms with Gasteiger partial charge in [0.2, 0.25) is 11.8 Å². The van der Waals surface area contributed by atoms with Crippen molar-refractivity contribution in [2.24, 2.45) is 0 Å². The SMILES string of the molecule is CCOC(=O)C(C)Nc1nccc(OC(C)C)n1. The maximum absolute atomic E-state index is 11.4. The third-order valence-electron chi connectivity index (χ3n) is 1.97. The number of aromatic nitrogens is 2. The van der Waals surface area contributed by atoms with Crippen LogP contribution in [0.3, 0.4) is 0 Å². The lowest BCUT2D eigenvalue weighted by Crippen LogP contribution is -2.29. The van der Waals surface area contributed by atoms with Gasteiger partial charge >= 0.3 is 5.97 Å². The summed E-state index contributed by atoms with van der Waals surface area (Å²) in [5, 5.41) is 2.86. The first-order valence-corrected chi connectivity index (χ1v) is 5.95. The molecule has 6 nitrogen and oxygen atoms in total. The third kappa shape index (κ3) is 4.57. The number of hydrogen-bond acceptors (Lipinski definition) is 6. The van der Waals surface area contributed by atoms with Crippen LogP contribution in [0.1, 0.15) is 27.7 Å². The summed E-state index contributed by atoms with van der Waals surface area (Å²) in [6, 6.07) is 1.17.